The normalized spacial score (nSPS) is 19.4. The Hall–Kier alpha value is -2.06. The maximum absolute atomic E-state index is 12.3. The summed E-state index contributed by atoms with van der Waals surface area (Å²) in [6.45, 7) is 2.32. The zero-order chi connectivity index (χ0) is 16.6. The van der Waals surface area contributed by atoms with Crippen LogP contribution in [-0.4, -0.2) is 59.3 Å². The Morgan fingerprint density at radius 2 is 1.71 bits per heavy atom. The number of aromatic nitrogens is 3. The van der Waals surface area contributed by atoms with Crippen LogP contribution >= 0.6 is 0 Å². The van der Waals surface area contributed by atoms with Gasteiger partial charge in [-0.3, -0.25) is 4.98 Å². The van der Waals surface area contributed by atoms with Gasteiger partial charge in [0, 0.05) is 32.4 Å². The van der Waals surface area contributed by atoms with E-state index < -0.39 is 10.0 Å². The fraction of sp³-hybridized carbons (Fsp3) is 0.438. The first-order valence-electron chi connectivity index (χ1n) is 8.14. The third-order valence-electron chi connectivity index (χ3n) is 4.45. The molecule has 0 atom stereocenters. The van der Waals surface area contributed by atoms with Gasteiger partial charge in [0.2, 0.25) is 10.0 Å². The van der Waals surface area contributed by atoms with Gasteiger partial charge in [-0.2, -0.15) is 4.31 Å². The van der Waals surface area contributed by atoms with E-state index in [2.05, 4.69) is 20.1 Å². The van der Waals surface area contributed by atoms with Gasteiger partial charge in [-0.25, -0.2) is 8.42 Å². The summed E-state index contributed by atoms with van der Waals surface area (Å²) < 4.78 is 26.2. The fourth-order valence-corrected chi connectivity index (χ4v) is 4.72. The first-order valence-corrected chi connectivity index (χ1v) is 9.64. The quantitative estimate of drug-likeness (QED) is 0.827. The molecule has 4 rings (SSSR count). The second kappa shape index (κ2) is 6.10. The summed E-state index contributed by atoms with van der Waals surface area (Å²) in [7, 11) is -3.07. The smallest absolute Gasteiger partial charge is 0.217 e. The van der Waals surface area contributed by atoms with E-state index in [0.717, 1.165) is 30.0 Å². The highest BCUT2D eigenvalue weighted by atomic mass is 32.2. The van der Waals surface area contributed by atoms with Crippen LogP contribution in [0.5, 0.6) is 0 Å². The number of hydrogen-bond acceptors (Lipinski definition) is 6. The lowest BCUT2D eigenvalue weighted by Gasteiger charge is -2.34. The van der Waals surface area contributed by atoms with E-state index >= 15 is 0 Å². The molecule has 0 aromatic carbocycles. The Labute approximate surface area is 141 Å². The van der Waals surface area contributed by atoms with Gasteiger partial charge < -0.3 is 4.90 Å². The SMILES string of the molecule is O=S(=O)(C1CC1)N1CCN(c2ccc(-c3ccccn3)nn2)CC1. The lowest BCUT2D eigenvalue weighted by Crippen LogP contribution is -2.49. The number of hydrogen-bond donors (Lipinski definition) is 0. The van der Waals surface area contributed by atoms with Crippen molar-refractivity contribution in [3.63, 3.8) is 0 Å². The van der Waals surface area contributed by atoms with Crippen LogP contribution in [0.3, 0.4) is 0 Å². The average Bonchev–Trinajstić information content (AvgIpc) is 3.49. The highest BCUT2D eigenvalue weighted by Crippen LogP contribution is 2.31. The molecule has 24 heavy (non-hydrogen) atoms. The molecule has 0 N–H and O–H groups in total. The summed E-state index contributed by atoms with van der Waals surface area (Å²) in [4.78, 5) is 6.34. The highest BCUT2D eigenvalue weighted by molar-refractivity contribution is 7.90. The molecule has 0 amide bonds. The van der Waals surface area contributed by atoms with Crippen molar-refractivity contribution in [2.75, 3.05) is 31.1 Å². The Morgan fingerprint density at radius 3 is 2.29 bits per heavy atom. The van der Waals surface area contributed by atoms with Crippen LogP contribution in [0.2, 0.25) is 0 Å². The van der Waals surface area contributed by atoms with E-state index in [1.54, 1.807) is 10.5 Å². The third kappa shape index (κ3) is 2.99. The number of sulfonamides is 1. The van der Waals surface area contributed by atoms with Crippen LogP contribution in [0.4, 0.5) is 5.82 Å². The van der Waals surface area contributed by atoms with E-state index in [0.29, 0.717) is 26.2 Å². The van der Waals surface area contributed by atoms with Crippen LogP contribution in [-0.2, 0) is 10.0 Å². The third-order valence-corrected chi connectivity index (χ3v) is 6.84. The Kier molecular flexibility index (Phi) is 3.93. The predicted molar refractivity (Wildman–Crippen MR) is 91.0 cm³/mol. The van der Waals surface area contributed by atoms with E-state index in [-0.39, 0.29) is 5.25 Å². The first kappa shape index (κ1) is 15.5. The first-order chi connectivity index (χ1) is 11.6. The lowest BCUT2D eigenvalue weighted by molar-refractivity contribution is 0.383. The molecule has 0 radical (unpaired) electrons. The van der Waals surface area contributed by atoms with E-state index in [9.17, 15) is 8.42 Å². The van der Waals surface area contributed by atoms with E-state index in [4.69, 9.17) is 0 Å². The van der Waals surface area contributed by atoms with Gasteiger partial charge in [-0.15, -0.1) is 10.2 Å². The molecule has 0 unspecified atom stereocenters. The van der Waals surface area contributed by atoms with Crippen molar-refractivity contribution in [3.8, 4) is 11.4 Å². The van der Waals surface area contributed by atoms with Gasteiger partial charge in [-0.05, 0) is 37.1 Å². The van der Waals surface area contributed by atoms with Gasteiger partial charge in [-0.1, -0.05) is 6.07 Å². The number of anilines is 1. The van der Waals surface area contributed by atoms with Crippen LogP contribution in [0, 0.1) is 0 Å². The summed E-state index contributed by atoms with van der Waals surface area (Å²) in [6.07, 6.45) is 3.34. The molecular formula is C16H19N5O2S. The molecule has 1 saturated heterocycles. The minimum atomic E-state index is -3.07. The van der Waals surface area contributed by atoms with Crippen molar-refractivity contribution in [2.24, 2.45) is 0 Å². The Balaban J connectivity index is 1.42. The average molecular weight is 345 g/mol. The second-order valence-corrected chi connectivity index (χ2v) is 8.34. The fourth-order valence-electron chi connectivity index (χ4n) is 2.89. The molecule has 2 aliphatic rings. The summed E-state index contributed by atoms with van der Waals surface area (Å²) in [5.74, 6) is 0.776. The number of rotatable bonds is 4. The molecule has 1 aliphatic heterocycles. The standard InChI is InChI=1S/C16H19N5O2S/c22-24(23,13-4-5-13)21-11-9-20(10-12-21)16-7-6-15(18-19-16)14-3-1-2-8-17-14/h1-3,6-8,13H,4-5,9-12H2. The summed E-state index contributed by atoms with van der Waals surface area (Å²) in [5, 5.41) is 8.39. The number of nitrogens with zero attached hydrogens (tertiary/aromatic N) is 5. The van der Waals surface area contributed by atoms with Crippen molar-refractivity contribution in [1.29, 1.82) is 0 Å². The topological polar surface area (TPSA) is 79.3 Å². The minimum Gasteiger partial charge on any atom is -0.352 e. The lowest BCUT2D eigenvalue weighted by atomic mass is 10.2. The van der Waals surface area contributed by atoms with Crippen molar-refractivity contribution in [1.82, 2.24) is 19.5 Å². The number of pyridine rings is 1. The predicted octanol–water partition coefficient (Wildman–Crippen LogP) is 1.15. The van der Waals surface area contributed by atoms with Crippen molar-refractivity contribution in [3.05, 3.63) is 36.5 Å². The van der Waals surface area contributed by atoms with Gasteiger partial charge in [0.1, 0.15) is 5.69 Å². The Morgan fingerprint density at radius 1 is 0.917 bits per heavy atom. The van der Waals surface area contributed by atoms with Crippen molar-refractivity contribution >= 4 is 15.8 Å². The molecule has 1 saturated carbocycles. The summed E-state index contributed by atoms with van der Waals surface area (Å²) in [6, 6.07) is 9.49. The van der Waals surface area contributed by atoms with Crippen LogP contribution < -0.4 is 4.90 Å². The molecule has 7 nitrogen and oxygen atoms in total. The maximum atomic E-state index is 12.3. The van der Waals surface area contributed by atoms with Gasteiger partial charge in [0.15, 0.2) is 5.82 Å². The molecule has 0 spiro atoms. The summed E-state index contributed by atoms with van der Waals surface area (Å²) >= 11 is 0. The highest BCUT2D eigenvalue weighted by Gasteiger charge is 2.41. The molecule has 8 heteroatoms. The zero-order valence-corrected chi connectivity index (χ0v) is 14.1. The van der Waals surface area contributed by atoms with E-state index in [1.165, 1.54) is 0 Å². The summed E-state index contributed by atoms with van der Waals surface area (Å²) in [5.41, 5.74) is 1.52. The van der Waals surface area contributed by atoms with Gasteiger partial charge >= 0.3 is 0 Å². The van der Waals surface area contributed by atoms with Crippen LogP contribution in [0.25, 0.3) is 11.4 Å². The van der Waals surface area contributed by atoms with Crippen LogP contribution in [0.1, 0.15) is 12.8 Å². The molecule has 2 aromatic heterocycles. The van der Waals surface area contributed by atoms with Crippen molar-refractivity contribution in [2.45, 2.75) is 18.1 Å². The molecule has 2 fully saturated rings. The molecule has 0 bridgehead atoms. The Bertz CT molecular complexity index is 798. The molecular weight excluding hydrogens is 326 g/mol. The molecule has 3 heterocycles. The maximum Gasteiger partial charge on any atom is 0.217 e. The second-order valence-electron chi connectivity index (χ2n) is 6.12. The van der Waals surface area contributed by atoms with E-state index in [1.807, 2.05) is 30.3 Å². The monoisotopic (exact) mass is 345 g/mol. The zero-order valence-electron chi connectivity index (χ0n) is 13.2. The van der Waals surface area contributed by atoms with Crippen LogP contribution in [0.15, 0.2) is 36.5 Å². The van der Waals surface area contributed by atoms with Gasteiger partial charge in [0.25, 0.3) is 0 Å². The minimum absolute atomic E-state index is 0.138. The molecule has 2 aromatic rings. The molecule has 126 valence electrons. The largest absolute Gasteiger partial charge is 0.352 e. The van der Waals surface area contributed by atoms with Crippen molar-refractivity contribution < 1.29 is 8.42 Å². The number of piperazine rings is 1. The molecule has 1 aliphatic carbocycles. The van der Waals surface area contributed by atoms with Gasteiger partial charge in [0.05, 0.1) is 10.9 Å².